The monoisotopic (exact) mass is 389 g/mol. The summed E-state index contributed by atoms with van der Waals surface area (Å²) in [7, 11) is 0. The van der Waals surface area contributed by atoms with Gasteiger partial charge in [-0.3, -0.25) is 14.5 Å². The number of carbonyl (C=O) groups is 3. The third kappa shape index (κ3) is 3.01. The van der Waals surface area contributed by atoms with E-state index in [1.54, 1.807) is 0 Å². The summed E-state index contributed by atoms with van der Waals surface area (Å²) in [6.07, 6.45) is 1.18. The van der Waals surface area contributed by atoms with Gasteiger partial charge in [0.05, 0.1) is 6.54 Å². The fourth-order valence-corrected chi connectivity index (χ4v) is 4.24. The maximum Gasteiger partial charge on any atom is 0.325 e. The molecular weight excluding hydrogens is 366 g/mol. The molecule has 148 valence electrons. The Morgan fingerprint density at radius 1 is 1.03 bits per heavy atom. The van der Waals surface area contributed by atoms with Crippen molar-refractivity contribution in [1.29, 1.82) is 0 Å². The number of Topliss-reactive ketones (excluding diaryl/α,β-unsaturated/α-hetero) is 1. The number of amides is 3. The van der Waals surface area contributed by atoms with Crippen LogP contribution in [0, 0.1) is 6.92 Å². The third-order valence-corrected chi connectivity index (χ3v) is 5.54. The summed E-state index contributed by atoms with van der Waals surface area (Å²) >= 11 is 0. The molecule has 0 radical (unpaired) electrons. The first-order valence-corrected chi connectivity index (χ1v) is 9.78. The number of hydrogen-bond acceptors (Lipinski definition) is 3. The number of urea groups is 1. The number of aryl methyl sites for hydroxylation is 1. The molecule has 2 N–H and O–H groups in total. The van der Waals surface area contributed by atoms with Crippen LogP contribution in [-0.2, 0) is 10.3 Å². The molecule has 1 saturated heterocycles. The van der Waals surface area contributed by atoms with Gasteiger partial charge in [0.2, 0.25) is 0 Å². The number of nitrogens with zero attached hydrogens (tertiary/aromatic N) is 1. The first kappa shape index (κ1) is 18.9. The van der Waals surface area contributed by atoms with Crippen LogP contribution in [0.25, 0.3) is 10.9 Å². The zero-order chi connectivity index (χ0) is 20.6. The predicted molar refractivity (Wildman–Crippen MR) is 111 cm³/mol. The predicted octanol–water partition coefficient (Wildman–Crippen LogP) is 3.91. The van der Waals surface area contributed by atoms with Gasteiger partial charge in [-0.15, -0.1) is 0 Å². The molecular formula is C23H23N3O3. The number of fused-ring (bicyclic) bond motifs is 1. The van der Waals surface area contributed by atoms with Gasteiger partial charge in [-0.2, -0.15) is 0 Å². The Labute approximate surface area is 168 Å². The molecule has 3 amide bonds. The van der Waals surface area contributed by atoms with Crippen LogP contribution in [0.4, 0.5) is 4.79 Å². The summed E-state index contributed by atoms with van der Waals surface area (Å²) in [5, 5.41) is 3.66. The molecule has 29 heavy (non-hydrogen) atoms. The van der Waals surface area contributed by atoms with E-state index in [2.05, 4.69) is 10.3 Å². The lowest BCUT2D eigenvalue weighted by molar-refractivity contribution is -0.131. The lowest BCUT2D eigenvalue weighted by Gasteiger charge is -2.26. The van der Waals surface area contributed by atoms with E-state index in [-0.39, 0.29) is 18.2 Å². The number of rotatable bonds is 6. The third-order valence-electron chi connectivity index (χ3n) is 5.54. The highest BCUT2D eigenvalue weighted by Gasteiger charge is 2.52. The maximum atomic E-state index is 13.4. The van der Waals surface area contributed by atoms with Crippen LogP contribution in [0.1, 0.15) is 41.4 Å². The fraction of sp³-hybridized carbons (Fsp3) is 0.261. The van der Waals surface area contributed by atoms with Gasteiger partial charge in [-0.05, 0) is 25.0 Å². The second-order valence-corrected chi connectivity index (χ2v) is 7.44. The highest BCUT2D eigenvalue weighted by atomic mass is 16.2. The van der Waals surface area contributed by atoms with Gasteiger partial charge in [-0.25, -0.2) is 4.79 Å². The van der Waals surface area contributed by atoms with Crippen LogP contribution in [-0.4, -0.2) is 34.2 Å². The van der Waals surface area contributed by atoms with Gasteiger partial charge < -0.3 is 10.3 Å². The number of hydrogen-bond donors (Lipinski definition) is 2. The number of carbonyl (C=O) groups excluding carboxylic acids is 3. The van der Waals surface area contributed by atoms with Crippen molar-refractivity contribution in [2.45, 2.75) is 32.2 Å². The lowest BCUT2D eigenvalue weighted by atomic mass is 9.85. The van der Waals surface area contributed by atoms with E-state index in [1.807, 2.05) is 68.4 Å². The molecule has 1 aromatic heterocycles. The number of ketones is 1. The average molecular weight is 389 g/mol. The number of aromatic nitrogens is 1. The van der Waals surface area contributed by atoms with Gasteiger partial charge in [0.15, 0.2) is 5.78 Å². The first-order valence-electron chi connectivity index (χ1n) is 9.78. The minimum atomic E-state index is -1.12. The van der Waals surface area contributed by atoms with Crippen LogP contribution in [0.15, 0.2) is 54.6 Å². The van der Waals surface area contributed by atoms with Crippen molar-refractivity contribution in [3.8, 4) is 0 Å². The standard InChI is InChI=1S/C23H23N3O3/c1-3-13-23(16-9-5-4-6-10-16)21(28)26(22(29)25-23)14-19(27)20-15(2)24-18-12-8-7-11-17(18)20/h4-12,24H,3,13-14H2,1-2H3,(H,25,29). The summed E-state index contributed by atoms with van der Waals surface area (Å²) in [5.74, 6) is -0.634. The summed E-state index contributed by atoms with van der Waals surface area (Å²) in [5.41, 5.74) is 1.72. The second kappa shape index (κ2) is 7.20. The zero-order valence-corrected chi connectivity index (χ0v) is 16.5. The molecule has 6 nitrogen and oxygen atoms in total. The molecule has 3 aromatic rings. The van der Waals surface area contributed by atoms with Gasteiger partial charge in [0, 0.05) is 22.2 Å². The van der Waals surface area contributed by atoms with E-state index in [1.165, 1.54) is 0 Å². The first-order chi connectivity index (χ1) is 14.0. The minimum absolute atomic E-state index is 0.260. The van der Waals surface area contributed by atoms with E-state index < -0.39 is 11.6 Å². The number of H-pyrrole nitrogens is 1. The Balaban J connectivity index is 1.67. The van der Waals surface area contributed by atoms with Gasteiger partial charge in [0.1, 0.15) is 5.54 Å². The Morgan fingerprint density at radius 3 is 2.45 bits per heavy atom. The van der Waals surface area contributed by atoms with Crippen LogP contribution in [0.5, 0.6) is 0 Å². The van der Waals surface area contributed by atoms with E-state index in [4.69, 9.17) is 0 Å². The maximum absolute atomic E-state index is 13.4. The Morgan fingerprint density at radius 2 is 1.72 bits per heavy atom. The van der Waals surface area contributed by atoms with E-state index in [9.17, 15) is 14.4 Å². The molecule has 1 fully saturated rings. The average Bonchev–Trinajstić information content (AvgIpc) is 3.18. The molecule has 2 aromatic carbocycles. The SMILES string of the molecule is CCCC1(c2ccccc2)NC(=O)N(CC(=O)c2c(C)[nH]c3ccccc23)C1=O. The Bertz CT molecular complexity index is 1100. The van der Waals surface area contributed by atoms with Gasteiger partial charge >= 0.3 is 6.03 Å². The number of para-hydroxylation sites is 1. The van der Waals surface area contributed by atoms with Crippen molar-refractivity contribution in [3.05, 3.63) is 71.4 Å². The van der Waals surface area contributed by atoms with Crippen LogP contribution >= 0.6 is 0 Å². The quantitative estimate of drug-likeness (QED) is 0.495. The number of imide groups is 1. The molecule has 1 atom stereocenters. The second-order valence-electron chi connectivity index (χ2n) is 7.44. The van der Waals surface area contributed by atoms with Crippen LogP contribution < -0.4 is 5.32 Å². The summed E-state index contributed by atoms with van der Waals surface area (Å²) in [4.78, 5) is 43.4. The summed E-state index contributed by atoms with van der Waals surface area (Å²) in [6, 6.07) is 16.2. The van der Waals surface area contributed by atoms with Gasteiger partial charge in [-0.1, -0.05) is 61.9 Å². The van der Waals surface area contributed by atoms with Crippen molar-refractivity contribution in [2.24, 2.45) is 0 Å². The molecule has 6 heteroatoms. The normalized spacial score (nSPS) is 19.0. The Hall–Kier alpha value is -3.41. The molecule has 0 bridgehead atoms. The van der Waals surface area contributed by atoms with Gasteiger partial charge in [0.25, 0.3) is 5.91 Å². The largest absolute Gasteiger partial charge is 0.358 e. The summed E-state index contributed by atoms with van der Waals surface area (Å²) in [6.45, 7) is 3.50. The summed E-state index contributed by atoms with van der Waals surface area (Å²) < 4.78 is 0. The highest BCUT2D eigenvalue weighted by Crippen LogP contribution is 2.34. The molecule has 0 spiro atoms. The minimum Gasteiger partial charge on any atom is -0.358 e. The van der Waals surface area contributed by atoms with Crippen molar-refractivity contribution in [2.75, 3.05) is 6.54 Å². The number of benzene rings is 2. The lowest BCUT2D eigenvalue weighted by Crippen LogP contribution is -2.44. The molecule has 4 rings (SSSR count). The van der Waals surface area contributed by atoms with E-state index in [0.717, 1.165) is 27.1 Å². The number of aromatic amines is 1. The van der Waals surface area contributed by atoms with Crippen molar-refractivity contribution in [3.63, 3.8) is 0 Å². The molecule has 1 aliphatic heterocycles. The van der Waals surface area contributed by atoms with E-state index in [0.29, 0.717) is 18.4 Å². The van der Waals surface area contributed by atoms with Crippen molar-refractivity contribution >= 4 is 28.6 Å². The topological polar surface area (TPSA) is 82.3 Å². The molecule has 1 unspecified atom stereocenters. The molecule has 0 aliphatic carbocycles. The molecule has 0 saturated carbocycles. The van der Waals surface area contributed by atoms with E-state index >= 15 is 0 Å². The number of nitrogens with one attached hydrogen (secondary N) is 2. The zero-order valence-electron chi connectivity index (χ0n) is 16.5. The Kier molecular flexibility index (Phi) is 4.70. The van der Waals surface area contributed by atoms with Crippen molar-refractivity contribution < 1.29 is 14.4 Å². The smallest absolute Gasteiger partial charge is 0.325 e. The van der Waals surface area contributed by atoms with Crippen LogP contribution in [0.3, 0.4) is 0 Å². The fourth-order valence-electron chi connectivity index (χ4n) is 4.24. The van der Waals surface area contributed by atoms with Crippen LogP contribution in [0.2, 0.25) is 0 Å². The molecule has 2 heterocycles. The van der Waals surface area contributed by atoms with Crippen molar-refractivity contribution in [1.82, 2.24) is 15.2 Å². The molecule has 1 aliphatic rings. The highest BCUT2D eigenvalue weighted by molar-refractivity contribution is 6.15.